The molecule has 0 fully saturated rings. The van der Waals surface area contributed by atoms with Crippen molar-refractivity contribution in [2.45, 2.75) is 13.1 Å². The van der Waals surface area contributed by atoms with Gasteiger partial charge in [-0.2, -0.15) is 5.10 Å². The van der Waals surface area contributed by atoms with Crippen LogP contribution >= 0.6 is 0 Å². The van der Waals surface area contributed by atoms with Gasteiger partial charge in [0.1, 0.15) is 0 Å². The van der Waals surface area contributed by atoms with E-state index in [9.17, 15) is 4.79 Å². The van der Waals surface area contributed by atoms with Crippen LogP contribution in [-0.2, 0) is 13.1 Å². The quantitative estimate of drug-likeness (QED) is 0.510. The van der Waals surface area contributed by atoms with E-state index < -0.39 is 5.97 Å². The summed E-state index contributed by atoms with van der Waals surface area (Å²) in [5, 5.41) is 15.6. The zero-order valence-corrected chi connectivity index (χ0v) is 14.3. The van der Waals surface area contributed by atoms with E-state index in [1.165, 1.54) is 11.1 Å². The van der Waals surface area contributed by atoms with Crippen molar-refractivity contribution in [2.75, 3.05) is 0 Å². The second-order valence-corrected chi connectivity index (χ2v) is 5.97. The molecule has 0 heterocycles. The summed E-state index contributed by atoms with van der Waals surface area (Å²) in [4.78, 5) is 10.9. The van der Waals surface area contributed by atoms with Crippen molar-refractivity contribution in [3.63, 3.8) is 0 Å². The normalized spacial score (nSPS) is 10.8. The SMILES string of the molecule is O=C(O)c1ccc(/C=N/N(Cc2ccccc2)Cc2ccccc2)cc1. The van der Waals surface area contributed by atoms with Crippen molar-refractivity contribution in [3.8, 4) is 0 Å². The molecule has 3 aromatic carbocycles. The lowest BCUT2D eigenvalue weighted by molar-refractivity contribution is 0.0697. The molecule has 0 radical (unpaired) electrons. The minimum absolute atomic E-state index is 0.271. The lowest BCUT2D eigenvalue weighted by Gasteiger charge is -2.19. The summed E-state index contributed by atoms with van der Waals surface area (Å²) >= 11 is 0. The fraction of sp³-hybridized carbons (Fsp3) is 0.0909. The topological polar surface area (TPSA) is 52.9 Å². The maximum atomic E-state index is 10.9. The predicted octanol–water partition coefficient (Wildman–Crippen LogP) is 4.42. The van der Waals surface area contributed by atoms with E-state index in [-0.39, 0.29) is 5.56 Å². The maximum Gasteiger partial charge on any atom is 0.335 e. The Bertz CT molecular complexity index is 818. The number of hydrogen-bond donors (Lipinski definition) is 1. The number of aromatic carboxylic acids is 1. The molecule has 0 amide bonds. The third kappa shape index (κ3) is 5.05. The minimum Gasteiger partial charge on any atom is -0.478 e. The minimum atomic E-state index is -0.928. The first-order valence-electron chi connectivity index (χ1n) is 8.41. The van der Waals surface area contributed by atoms with Crippen LogP contribution in [0.25, 0.3) is 0 Å². The number of benzene rings is 3. The smallest absolute Gasteiger partial charge is 0.335 e. The average Bonchev–Trinajstić information content (AvgIpc) is 2.68. The number of carbonyl (C=O) groups is 1. The van der Waals surface area contributed by atoms with E-state index in [1.54, 1.807) is 30.5 Å². The van der Waals surface area contributed by atoms with Gasteiger partial charge in [0, 0.05) is 0 Å². The Hall–Kier alpha value is -3.40. The van der Waals surface area contributed by atoms with Gasteiger partial charge in [0.05, 0.1) is 24.9 Å². The van der Waals surface area contributed by atoms with Gasteiger partial charge in [-0.3, -0.25) is 5.01 Å². The average molecular weight is 344 g/mol. The van der Waals surface area contributed by atoms with Crippen molar-refractivity contribution in [1.29, 1.82) is 0 Å². The van der Waals surface area contributed by atoms with Crippen LogP contribution < -0.4 is 0 Å². The molecule has 0 saturated heterocycles. The van der Waals surface area contributed by atoms with E-state index >= 15 is 0 Å². The van der Waals surface area contributed by atoms with Gasteiger partial charge in [-0.15, -0.1) is 0 Å². The molecule has 0 atom stereocenters. The molecular formula is C22H20N2O2. The summed E-state index contributed by atoms with van der Waals surface area (Å²) in [6, 6.07) is 27.1. The Kier molecular flexibility index (Phi) is 5.78. The molecule has 0 aliphatic heterocycles. The molecule has 130 valence electrons. The Labute approximate surface area is 153 Å². The summed E-state index contributed by atoms with van der Waals surface area (Å²) < 4.78 is 0. The maximum absolute atomic E-state index is 10.9. The van der Waals surface area contributed by atoms with Gasteiger partial charge >= 0.3 is 5.97 Å². The Morgan fingerprint density at radius 1 is 0.808 bits per heavy atom. The van der Waals surface area contributed by atoms with Crippen molar-refractivity contribution < 1.29 is 9.90 Å². The summed E-state index contributed by atoms with van der Waals surface area (Å²) in [5.74, 6) is -0.928. The van der Waals surface area contributed by atoms with E-state index in [4.69, 9.17) is 5.11 Å². The van der Waals surface area contributed by atoms with Gasteiger partial charge < -0.3 is 5.11 Å². The van der Waals surface area contributed by atoms with Crippen LogP contribution in [0.1, 0.15) is 27.0 Å². The Morgan fingerprint density at radius 2 is 1.31 bits per heavy atom. The van der Waals surface area contributed by atoms with Crippen molar-refractivity contribution in [3.05, 3.63) is 107 Å². The molecule has 1 N–H and O–H groups in total. The summed E-state index contributed by atoms with van der Waals surface area (Å²) in [6.45, 7) is 1.39. The molecule has 26 heavy (non-hydrogen) atoms. The van der Waals surface area contributed by atoms with Crippen LogP contribution in [0.4, 0.5) is 0 Å². The molecule has 0 spiro atoms. The predicted molar refractivity (Wildman–Crippen MR) is 103 cm³/mol. The Balaban J connectivity index is 1.76. The molecule has 0 bridgehead atoms. The van der Waals surface area contributed by atoms with Crippen LogP contribution in [0.5, 0.6) is 0 Å². The van der Waals surface area contributed by atoms with E-state index in [0.717, 1.165) is 5.56 Å². The zero-order valence-electron chi connectivity index (χ0n) is 14.3. The number of carboxylic acid groups (broad SMARTS) is 1. The first-order chi connectivity index (χ1) is 12.7. The van der Waals surface area contributed by atoms with Gasteiger partial charge in [-0.25, -0.2) is 4.79 Å². The van der Waals surface area contributed by atoms with Crippen LogP contribution in [0.2, 0.25) is 0 Å². The lowest BCUT2D eigenvalue weighted by Crippen LogP contribution is -2.17. The second kappa shape index (κ2) is 8.62. The highest BCUT2D eigenvalue weighted by Crippen LogP contribution is 2.11. The van der Waals surface area contributed by atoms with Gasteiger partial charge in [-0.1, -0.05) is 72.8 Å². The van der Waals surface area contributed by atoms with Crippen molar-refractivity contribution >= 4 is 12.2 Å². The largest absolute Gasteiger partial charge is 0.478 e. The molecule has 0 aromatic heterocycles. The molecular weight excluding hydrogens is 324 g/mol. The van der Waals surface area contributed by atoms with E-state index in [2.05, 4.69) is 29.4 Å². The third-order valence-corrected chi connectivity index (χ3v) is 3.94. The standard InChI is InChI=1S/C22H20N2O2/c25-22(26)21-13-11-18(12-14-21)15-23-24(16-19-7-3-1-4-8-19)17-20-9-5-2-6-10-20/h1-15H,16-17H2,(H,25,26)/b23-15+. The fourth-order valence-corrected chi connectivity index (χ4v) is 2.59. The monoisotopic (exact) mass is 344 g/mol. The molecule has 0 unspecified atom stereocenters. The third-order valence-electron chi connectivity index (χ3n) is 3.94. The molecule has 0 saturated carbocycles. The second-order valence-electron chi connectivity index (χ2n) is 5.97. The molecule has 4 heteroatoms. The van der Waals surface area contributed by atoms with Crippen LogP contribution in [-0.4, -0.2) is 22.3 Å². The number of rotatable bonds is 7. The van der Waals surface area contributed by atoms with E-state index in [0.29, 0.717) is 13.1 Å². The van der Waals surface area contributed by atoms with Crippen LogP contribution in [0.15, 0.2) is 90.0 Å². The molecule has 0 aliphatic carbocycles. The van der Waals surface area contributed by atoms with Gasteiger partial charge in [0.25, 0.3) is 0 Å². The first kappa shape index (κ1) is 17.4. The number of carboxylic acids is 1. The summed E-state index contributed by atoms with van der Waals surface area (Å²) in [6.07, 6.45) is 1.76. The fourth-order valence-electron chi connectivity index (χ4n) is 2.59. The summed E-state index contributed by atoms with van der Waals surface area (Å²) in [7, 11) is 0. The van der Waals surface area contributed by atoms with Gasteiger partial charge in [0.15, 0.2) is 0 Å². The van der Waals surface area contributed by atoms with E-state index in [1.807, 2.05) is 41.4 Å². The number of nitrogens with zero attached hydrogens (tertiary/aromatic N) is 2. The molecule has 3 rings (SSSR count). The first-order valence-corrected chi connectivity index (χ1v) is 8.41. The van der Waals surface area contributed by atoms with Crippen LogP contribution in [0, 0.1) is 0 Å². The van der Waals surface area contributed by atoms with Gasteiger partial charge in [-0.05, 0) is 28.8 Å². The molecule has 0 aliphatic rings. The number of hydrazone groups is 1. The van der Waals surface area contributed by atoms with Crippen LogP contribution in [0.3, 0.4) is 0 Å². The lowest BCUT2D eigenvalue weighted by atomic mass is 10.1. The van der Waals surface area contributed by atoms with Gasteiger partial charge in [0.2, 0.25) is 0 Å². The Morgan fingerprint density at radius 3 is 1.77 bits per heavy atom. The highest BCUT2D eigenvalue weighted by molar-refractivity contribution is 5.89. The molecule has 3 aromatic rings. The number of hydrogen-bond acceptors (Lipinski definition) is 3. The highest BCUT2D eigenvalue weighted by atomic mass is 16.4. The van der Waals surface area contributed by atoms with Crippen molar-refractivity contribution in [2.24, 2.45) is 5.10 Å². The van der Waals surface area contributed by atoms with Crippen molar-refractivity contribution in [1.82, 2.24) is 5.01 Å². The zero-order chi connectivity index (χ0) is 18.2. The molecule has 4 nitrogen and oxygen atoms in total. The summed E-state index contributed by atoms with van der Waals surface area (Å²) in [5.41, 5.74) is 3.50. The highest BCUT2D eigenvalue weighted by Gasteiger charge is 2.05.